The third-order valence-corrected chi connectivity index (χ3v) is 4.85. The van der Waals surface area contributed by atoms with Crippen LogP contribution in [0.3, 0.4) is 0 Å². The van der Waals surface area contributed by atoms with Crippen molar-refractivity contribution < 1.29 is 14.3 Å². The SMILES string of the molecule is CCCOc1ccc(CNC(=O)CCc2c(C)nn(CC(C)C)c2C)cc1OC. The molecule has 1 heterocycles. The molecule has 0 aliphatic heterocycles. The van der Waals surface area contributed by atoms with E-state index in [1.165, 1.54) is 5.56 Å². The lowest BCUT2D eigenvalue weighted by atomic mass is 10.1. The van der Waals surface area contributed by atoms with Crippen molar-refractivity contribution in [2.45, 2.75) is 67.0 Å². The molecular weight excluding hydrogens is 366 g/mol. The molecule has 2 aromatic rings. The van der Waals surface area contributed by atoms with Crippen molar-refractivity contribution in [3.63, 3.8) is 0 Å². The maximum atomic E-state index is 12.4. The highest BCUT2D eigenvalue weighted by molar-refractivity contribution is 5.76. The van der Waals surface area contributed by atoms with Gasteiger partial charge in [-0.2, -0.15) is 5.10 Å². The zero-order chi connectivity index (χ0) is 21.4. The maximum Gasteiger partial charge on any atom is 0.220 e. The number of aryl methyl sites for hydroxylation is 1. The molecule has 0 aliphatic rings. The zero-order valence-corrected chi connectivity index (χ0v) is 18.7. The molecule has 1 amide bonds. The van der Waals surface area contributed by atoms with Crippen LogP contribution in [0.25, 0.3) is 0 Å². The highest BCUT2D eigenvalue weighted by Gasteiger charge is 2.14. The number of nitrogens with zero attached hydrogens (tertiary/aromatic N) is 2. The van der Waals surface area contributed by atoms with Gasteiger partial charge in [-0.1, -0.05) is 26.8 Å². The monoisotopic (exact) mass is 401 g/mol. The first-order valence-electron chi connectivity index (χ1n) is 10.4. The largest absolute Gasteiger partial charge is 0.493 e. The Balaban J connectivity index is 1.90. The number of hydrogen-bond acceptors (Lipinski definition) is 4. The number of methoxy groups -OCH3 is 1. The minimum Gasteiger partial charge on any atom is -0.493 e. The molecule has 0 atom stereocenters. The molecule has 0 radical (unpaired) electrons. The second-order valence-electron chi connectivity index (χ2n) is 7.84. The number of amides is 1. The molecule has 0 saturated carbocycles. The summed E-state index contributed by atoms with van der Waals surface area (Å²) in [7, 11) is 1.63. The Morgan fingerprint density at radius 2 is 2.00 bits per heavy atom. The second-order valence-corrected chi connectivity index (χ2v) is 7.84. The van der Waals surface area contributed by atoms with E-state index in [1.807, 2.05) is 25.1 Å². The highest BCUT2D eigenvalue weighted by Crippen LogP contribution is 2.28. The number of aromatic nitrogens is 2. The predicted molar refractivity (Wildman–Crippen MR) is 115 cm³/mol. The van der Waals surface area contributed by atoms with E-state index < -0.39 is 0 Å². The van der Waals surface area contributed by atoms with E-state index in [9.17, 15) is 4.79 Å². The molecule has 0 fully saturated rings. The van der Waals surface area contributed by atoms with Crippen LogP contribution in [0.4, 0.5) is 0 Å². The highest BCUT2D eigenvalue weighted by atomic mass is 16.5. The molecule has 160 valence electrons. The average Bonchev–Trinajstić information content (AvgIpc) is 2.95. The van der Waals surface area contributed by atoms with E-state index >= 15 is 0 Å². The van der Waals surface area contributed by atoms with Gasteiger partial charge in [0.15, 0.2) is 11.5 Å². The first-order chi connectivity index (χ1) is 13.8. The van der Waals surface area contributed by atoms with Gasteiger partial charge in [-0.15, -0.1) is 0 Å². The van der Waals surface area contributed by atoms with E-state index in [0.717, 1.165) is 35.7 Å². The van der Waals surface area contributed by atoms with E-state index in [2.05, 4.69) is 42.8 Å². The van der Waals surface area contributed by atoms with Gasteiger partial charge in [0.1, 0.15) is 0 Å². The Morgan fingerprint density at radius 1 is 1.24 bits per heavy atom. The van der Waals surface area contributed by atoms with Crippen LogP contribution in [-0.2, 0) is 24.3 Å². The molecular formula is C23H35N3O3. The van der Waals surface area contributed by atoms with Crippen molar-refractivity contribution in [3.8, 4) is 11.5 Å². The third kappa shape index (κ3) is 6.51. The summed E-state index contributed by atoms with van der Waals surface area (Å²) in [4.78, 5) is 12.4. The van der Waals surface area contributed by atoms with Crippen LogP contribution in [-0.4, -0.2) is 29.4 Å². The Hall–Kier alpha value is -2.50. The van der Waals surface area contributed by atoms with Crippen molar-refractivity contribution in [1.82, 2.24) is 15.1 Å². The summed E-state index contributed by atoms with van der Waals surface area (Å²) in [5, 5.41) is 7.63. The van der Waals surface area contributed by atoms with Gasteiger partial charge in [-0.25, -0.2) is 0 Å². The minimum absolute atomic E-state index is 0.0330. The molecule has 0 aliphatic carbocycles. The van der Waals surface area contributed by atoms with E-state index in [-0.39, 0.29) is 5.91 Å². The fraction of sp³-hybridized carbons (Fsp3) is 0.565. The zero-order valence-electron chi connectivity index (χ0n) is 18.7. The van der Waals surface area contributed by atoms with Gasteiger partial charge < -0.3 is 14.8 Å². The van der Waals surface area contributed by atoms with Crippen LogP contribution in [0, 0.1) is 19.8 Å². The minimum atomic E-state index is 0.0330. The van der Waals surface area contributed by atoms with Crippen LogP contribution in [0.1, 0.15) is 56.1 Å². The van der Waals surface area contributed by atoms with Gasteiger partial charge in [0.25, 0.3) is 0 Å². The topological polar surface area (TPSA) is 65.4 Å². The van der Waals surface area contributed by atoms with Crippen LogP contribution in [0.2, 0.25) is 0 Å². The van der Waals surface area contributed by atoms with Crippen molar-refractivity contribution in [1.29, 1.82) is 0 Å². The second kappa shape index (κ2) is 10.9. The quantitative estimate of drug-likeness (QED) is 0.613. The Morgan fingerprint density at radius 3 is 2.66 bits per heavy atom. The number of nitrogens with one attached hydrogen (secondary N) is 1. The lowest BCUT2D eigenvalue weighted by Gasteiger charge is -2.12. The van der Waals surface area contributed by atoms with Crippen LogP contribution in [0.15, 0.2) is 18.2 Å². The van der Waals surface area contributed by atoms with Gasteiger partial charge in [0, 0.05) is 25.2 Å². The summed E-state index contributed by atoms with van der Waals surface area (Å²) in [6.45, 7) is 12.6. The average molecular weight is 402 g/mol. The van der Waals surface area contributed by atoms with Gasteiger partial charge in [-0.3, -0.25) is 9.48 Å². The summed E-state index contributed by atoms with van der Waals surface area (Å²) in [6.07, 6.45) is 2.09. The lowest BCUT2D eigenvalue weighted by molar-refractivity contribution is -0.121. The van der Waals surface area contributed by atoms with Crippen molar-refractivity contribution >= 4 is 5.91 Å². The molecule has 6 heteroatoms. The fourth-order valence-electron chi connectivity index (χ4n) is 3.30. The van der Waals surface area contributed by atoms with Crippen LogP contribution < -0.4 is 14.8 Å². The molecule has 1 N–H and O–H groups in total. The number of rotatable bonds is 11. The standard InChI is InChI=1S/C23H35N3O3/c1-7-12-29-21-10-8-19(13-22(21)28-6)14-24-23(27)11-9-20-17(4)25-26(18(20)5)15-16(2)3/h8,10,13,16H,7,9,11-12,14-15H2,1-6H3,(H,24,27). The van der Waals surface area contributed by atoms with Gasteiger partial charge in [-0.05, 0) is 55.9 Å². The summed E-state index contributed by atoms with van der Waals surface area (Å²) < 4.78 is 13.1. The predicted octanol–water partition coefficient (Wildman–Crippen LogP) is 4.20. The number of hydrogen-bond donors (Lipinski definition) is 1. The summed E-state index contributed by atoms with van der Waals surface area (Å²) in [5.74, 6) is 1.99. The summed E-state index contributed by atoms with van der Waals surface area (Å²) in [5.41, 5.74) is 4.34. The molecule has 2 rings (SSSR count). The Kier molecular flexibility index (Phi) is 8.55. The first-order valence-corrected chi connectivity index (χ1v) is 10.4. The van der Waals surface area contributed by atoms with Crippen LogP contribution >= 0.6 is 0 Å². The first kappa shape index (κ1) is 22.8. The van der Waals surface area contributed by atoms with Gasteiger partial charge in [0.05, 0.1) is 19.4 Å². The summed E-state index contributed by atoms with van der Waals surface area (Å²) in [6, 6.07) is 5.76. The molecule has 29 heavy (non-hydrogen) atoms. The number of benzene rings is 1. The van der Waals surface area contributed by atoms with E-state index in [1.54, 1.807) is 7.11 Å². The number of ether oxygens (including phenoxy) is 2. The Bertz CT molecular complexity index is 812. The van der Waals surface area contributed by atoms with Crippen molar-refractivity contribution in [2.75, 3.05) is 13.7 Å². The molecule has 6 nitrogen and oxygen atoms in total. The lowest BCUT2D eigenvalue weighted by Crippen LogP contribution is -2.23. The summed E-state index contributed by atoms with van der Waals surface area (Å²) >= 11 is 0. The van der Waals surface area contributed by atoms with Gasteiger partial charge in [0.2, 0.25) is 5.91 Å². The Labute approximate surface area is 174 Å². The molecule has 0 bridgehead atoms. The third-order valence-electron chi connectivity index (χ3n) is 4.85. The van der Waals surface area contributed by atoms with Gasteiger partial charge >= 0.3 is 0 Å². The van der Waals surface area contributed by atoms with Crippen molar-refractivity contribution in [2.24, 2.45) is 5.92 Å². The van der Waals surface area contributed by atoms with E-state index in [4.69, 9.17) is 9.47 Å². The normalized spacial score (nSPS) is 11.0. The van der Waals surface area contributed by atoms with Crippen LogP contribution in [0.5, 0.6) is 11.5 Å². The molecule has 0 saturated heterocycles. The maximum absolute atomic E-state index is 12.4. The molecule has 0 unspecified atom stereocenters. The fourth-order valence-corrected chi connectivity index (χ4v) is 3.30. The number of carbonyl (C=O) groups is 1. The molecule has 1 aromatic heterocycles. The molecule has 1 aromatic carbocycles. The van der Waals surface area contributed by atoms with E-state index in [0.29, 0.717) is 37.7 Å². The number of carbonyl (C=O) groups excluding carboxylic acids is 1. The smallest absolute Gasteiger partial charge is 0.220 e. The molecule has 0 spiro atoms. The van der Waals surface area contributed by atoms with Crippen molar-refractivity contribution in [3.05, 3.63) is 40.7 Å².